The second-order valence-electron chi connectivity index (χ2n) is 7.69. The molecule has 6 nitrogen and oxygen atoms in total. The van der Waals surface area contributed by atoms with Crippen molar-refractivity contribution >= 4 is 41.1 Å². The van der Waals surface area contributed by atoms with Gasteiger partial charge in [-0.15, -0.1) is 10.2 Å². The first kappa shape index (κ1) is 21.3. The number of hydrogen-bond acceptors (Lipinski definition) is 6. The van der Waals surface area contributed by atoms with Crippen molar-refractivity contribution < 1.29 is 13.9 Å². The van der Waals surface area contributed by atoms with Crippen LogP contribution < -0.4 is 0 Å². The maximum Gasteiger partial charge on any atom is 0.410 e. The van der Waals surface area contributed by atoms with Crippen LogP contribution in [0.3, 0.4) is 0 Å². The molecule has 152 valence electrons. The van der Waals surface area contributed by atoms with Crippen LogP contribution in [0.5, 0.6) is 0 Å². The highest BCUT2D eigenvalue weighted by Crippen LogP contribution is 2.31. The predicted octanol–water partition coefficient (Wildman–Crippen LogP) is 5.78. The molecule has 0 saturated carbocycles. The molecule has 2 aromatic rings. The number of benzene rings is 1. The van der Waals surface area contributed by atoms with E-state index in [-0.39, 0.29) is 12.0 Å². The van der Waals surface area contributed by atoms with E-state index in [4.69, 9.17) is 32.4 Å². The van der Waals surface area contributed by atoms with E-state index >= 15 is 0 Å². The van der Waals surface area contributed by atoms with E-state index in [2.05, 4.69) is 10.2 Å². The van der Waals surface area contributed by atoms with Gasteiger partial charge in [-0.2, -0.15) is 0 Å². The Bertz CT molecular complexity index is 830. The zero-order valence-corrected chi connectivity index (χ0v) is 18.4. The zero-order valence-electron chi connectivity index (χ0n) is 16.1. The number of thioether (sulfide) groups is 1. The first-order chi connectivity index (χ1) is 13.2. The van der Waals surface area contributed by atoms with Crippen molar-refractivity contribution in [3.63, 3.8) is 0 Å². The molecule has 0 bridgehead atoms. The van der Waals surface area contributed by atoms with Gasteiger partial charge in [-0.25, -0.2) is 4.79 Å². The number of carbonyl (C=O) groups excluding carboxylic acids is 1. The number of aromatic nitrogens is 2. The van der Waals surface area contributed by atoms with Crippen molar-refractivity contribution in [3.05, 3.63) is 39.7 Å². The van der Waals surface area contributed by atoms with Gasteiger partial charge in [0.05, 0.1) is 10.0 Å². The number of likely N-dealkylation sites (tertiary alicyclic amines) is 1. The second-order valence-corrected chi connectivity index (χ2v) is 9.43. The molecule has 2 heterocycles. The molecule has 0 atom stereocenters. The Kier molecular flexibility index (Phi) is 6.78. The standard InChI is InChI=1S/C19H23Cl2N3O3S/c1-19(2,3)27-18(25)24-8-6-13(7-9-24)16-22-23-17(26-16)28-11-12-4-5-14(20)15(21)10-12/h4-5,10,13H,6-9,11H2,1-3H3. The predicted molar refractivity (Wildman–Crippen MR) is 110 cm³/mol. The third-order valence-corrected chi connectivity index (χ3v) is 5.89. The summed E-state index contributed by atoms with van der Waals surface area (Å²) in [7, 11) is 0. The van der Waals surface area contributed by atoms with Gasteiger partial charge in [0, 0.05) is 24.8 Å². The van der Waals surface area contributed by atoms with Gasteiger partial charge in [-0.3, -0.25) is 0 Å². The minimum atomic E-state index is -0.485. The number of carbonyl (C=O) groups is 1. The number of piperidine rings is 1. The van der Waals surface area contributed by atoms with Crippen molar-refractivity contribution in [3.8, 4) is 0 Å². The van der Waals surface area contributed by atoms with Crippen molar-refractivity contribution in [2.45, 2.75) is 56.1 Å². The van der Waals surface area contributed by atoms with Gasteiger partial charge in [-0.1, -0.05) is 41.0 Å². The van der Waals surface area contributed by atoms with Crippen LogP contribution >= 0.6 is 35.0 Å². The summed E-state index contributed by atoms with van der Waals surface area (Å²) in [6, 6.07) is 5.53. The van der Waals surface area contributed by atoms with Crippen LogP contribution in [0.2, 0.25) is 10.0 Å². The van der Waals surface area contributed by atoms with E-state index in [1.165, 1.54) is 11.8 Å². The zero-order chi connectivity index (χ0) is 20.3. The molecule has 1 amide bonds. The van der Waals surface area contributed by atoms with Gasteiger partial charge in [0.15, 0.2) is 0 Å². The van der Waals surface area contributed by atoms with Crippen LogP contribution in [0, 0.1) is 0 Å². The summed E-state index contributed by atoms with van der Waals surface area (Å²) >= 11 is 13.4. The molecule has 0 aliphatic carbocycles. The number of rotatable bonds is 4. The average Bonchev–Trinajstić information content (AvgIpc) is 3.10. The van der Waals surface area contributed by atoms with Gasteiger partial charge < -0.3 is 14.1 Å². The Morgan fingerprint density at radius 3 is 2.61 bits per heavy atom. The van der Waals surface area contributed by atoms with Crippen LogP contribution in [-0.4, -0.2) is 39.9 Å². The number of hydrogen-bond donors (Lipinski definition) is 0. The van der Waals surface area contributed by atoms with Crippen molar-refractivity contribution in [1.82, 2.24) is 15.1 Å². The normalized spacial score (nSPS) is 15.7. The SMILES string of the molecule is CC(C)(C)OC(=O)N1CCC(c2nnc(SCc3ccc(Cl)c(Cl)c3)o2)CC1. The molecule has 0 N–H and O–H groups in total. The summed E-state index contributed by atoms with van der Waals surface area (Å²) < 4.78 is 11.2. The van der Waals surface area contributed by atoms with Gasteiger partial charge in [0.25, 0.3) is 5.22 Å². The first-order valence-corrected chi connectivity index (χ1v) is 10.8. The second kappa shape index (κ2) is 8.93. The van der Waals surface area contributed by atoms with Crippen LogP contribution in [0.25, 0.3) is 0 Å². The summed E-state index contributed by atoms with van der Waals surface area (Å²) in [4.78, 5) is 13.9. The van der Waals surface area contributed by atoms with Crippen molar-refractivity contribution in [2.24, 2.45) is 0 Å². The molecule has 0 spiro atoms. The highest BCUT2D eigenvalue weighted by Gasteiger charge is 2.29. The lowest BCUT2D eigenvalue weighted by Gasteiger charge is -2.32. The molecular weight excluding hydrogens is 421 g/mol. The van der Waals surface area contributed by atoms with E-state index in [0.29, 0.717) is 40.0 Å². The molecule has 1 aromatic heterocycles. The maximum absolute atomic E-state index is 12.2. The Morgan fingerprint density at radius 1 is 1.25 bits per heavy atom. The molecule has 0 radical (unpaired) electrons. The molecule has 1 aromatic carbocycles. The van der Waals surface area contributed by atoms with Crippen LogP contribution in [0.1, 0.15) is 51.0 Å². The van der Waals surface area contributed by atoms with Crippen LogP contribution in [0.4, 0.5) is 4.79 Å². The van der Waals surface area contributed by atoms with Gasteiger partial charge in [0.2, 0.25) is 5.89 Å². The lowest BCUT2D eigenvalue weighted by Crippen LogP contribution is -2.41. The number of ether oxygens (including phenoxy) is 1. The average molecular weight is 444 g/mol. The fourth-order valence-electron chi connectivity index (χ4n) is 2.85. The van der Waals surface area contributed by atoms with E-state index < -0.39 is 5.60 Å². The minimum absolute atomic E-state index is 0.158. The smallest absolute Gasteiger partial charge is 0.410 e. The Hall–Kier alpha value is -1.44. The number of halogens is 2. The molecule has 1 aliphatic rings. The third-order valence-electron chi connectivity index (χ3n) is 4.26. The maximum atomic E-state index is 12.2. The molecule has 1 aliphatic heterocycles. The largest absolute Gasteiger partial charge is 0.444 e. The molecule has 1 saturated heterocycles. The summed E-state index contributed by atoms with van der Waals surface area (Å²) in [6.45, 7) is 6.84. The summed E-state index contributed by atoms with van der Waals surface area (Å²) in [5.74, 6) is 1.45. The van der Waals surface area contributed by atoms with Gasteiger partial charge in [-0.05, 0) is 51.3 Å². The van der Waals surface area contributed by atoms with E-state index in [9.17, 15) is 4.79 Å². The lowest BCUT2D eigenvalue weighted by molar-refractivity contribution is 0.0198. The molecule has 9 heteroatoms. The highest BCUT2D eigenvalue weighted by atomic mass is 35.5. The first-order valence-electron chi connectivity index (χ1n) is 9.09. The topological polar surface area (TPSA) is 68.5 Å². The Morgan fingerprint density at radius 2 is 1.96 bits per heavy atom. The summed E-state index contributed by atoms with van der Waals surface area (Å²) in [6.07, 6.45) is 1.28. The number of amides is 1. The van der Waals surface area contributed by atoms with E-state index in [1.54, 1.807) is 11.0 Å². The lowest BCUT2D eigenvalue weighted by atomic mass is 9.97. The molecule has 1 fully saturated rings. The van der Waals surface area contributed by atoms with Crippen molar-refractivity contribution in [1.29, 1.82) is 0 Å². The monoisotopic (exact) mass is 443 g/mol. The number of nitrogens with zero attached hydrogens (tertiary/aromatic N) is 3. The van der Waals surface area contributed by atoms with Gasteiger partial charge >= 0.3 is 6.09 Å². The fourth-order valence-corrected chi connectivity index (χ4v) is 3.89. The molecular formula is C19H23Cl2N3O3S. The quantitative estimate of drug-likeness (QED) is 0.557. The summed E-state index contributed by atoms with van der Waals surface area (Å²) in [5, 5.41) is 9.91. The highest BCUT2D eigenvalue weighted by molar-refractivity contribution is 7.98. The molecule has 0 unspecified atom stereocenters. The fraction of sp³-hybridized carbons (Fsp3) is 0.526. The van der Waals surface area contributed by atoms with Crippen LogP contribution in [0.15, 0.2) is 27.8 Å². The van der Waals surface area contributed by atoms with E-state index in [0.717, 1.165) is 18.4 Å². The minimum Gasteiger partial charge on any atom is -0.444 e. The van der Waals surface area contributed by atoms with Gasteiger partial charge in [0.1, 0.15) is 5.60 Å². The molecule has 28 heavy (non-hydrogen) atoms. The molecule has 3 rings (SSSR count). The van der Waals surface area contributed by atoms with Crippen molar-refractivity contribution in [2.75, 3.05) is 13.1 Å². The Labute approximate surface area is 178 Å². The third kappa shape index (κ3) is 5.78. The summed E-state index contributed by atoms with van der Waals surface area (Å²) in [5.41, 5.74) is 0.547. The van der Waals surface area contributed by atoms with Crippen LogP contribution in [-0.2, 0) is 10.5 Å². The van der Waals surface area contributed by atoms with E-state index in [1.807, 2.05) is 32.9 Å². The Balaban J connectivity index is 1.50.